The van der Waals surface area contributed by atoms with Gasteiger partial charge in [0.15, 0.2) is 0 Å². The second-order valence-electron chi connectivity index (χ2n) is 5.64. The molecule has 0 amide bonds. The van der Waals surface area contributed by atoms with Crippen LogP contribution in [0, 0.1) is 11.2 Å². The van der Waals surface area contributed by atoms with E-state index < -0.39 is 17.6 Å². The van der Waals surface area contributed by atoms with Crippen molar-refractivity contribution in [2.45, 2.75) is 38.6 Å². The number of rotatable bonds is 3. The second kappa shape index (κ2) is 4.91. The molecule has 2 atom stereocenters. The smallest absolute Gasteiger partial charge is 0.419 e. The van der Waals surface area contributed by atoms with Crippen LogP contribution in [-0.4, -0.2) is 19.2 Å². The third-order valence-electron chi connectivity index (χ3n) is 4.05. The van der Waals surface area contributed by atoms with E-state index >= 15 is 0 Å². The first-order valence-corrected chi connectivity index (χ1v) is 6.37. The molecule has 0 spiro atoms. The molecule has 1 saturated carbocycles. The standard InChI is InChI=1S/C14H17F4NO/c1-13(2)11(19-3)7-12(13)20-8-4-5-10(15)9(6-8)14(16,17)18/h4-6,11-12,19H,7H2,1-3H3. The van der Waals surface area contributed by atoms with Crippen molar-refractivity contribution in [3.63, 3.8) is 0 Å². The molecule has 2 nitrogen and oxygen atoms in total. The zero-order valence-corrected chi connectivity index (χ0v) is 11.5. The number of nitrogens with one attached hydrogen (secondary N) is 1. The Bertz CT molecular complexity index is 498. The first-order chi connectivity index (χ1) is 9.16. The molecule has 1 aromatic carbocycles. The fraction of sp³-hybridized carbons (Fsp3) is 0.571. The van der Waals surface area contributed by atoms with Crippen LogP contribution in [0.3, 0.4) is 0 Å². The number of hydrogen-bond acceptors (Lipinski definition) is 2. The van der Waals surface area contributed by atoms with E-state index in [1.807, 2.05) is 20.9 Å². The summed E-state index contributed by atoms with van der Waals surface area (Å²) in [5, 5.41) is 3.13. The molecular weight excluding hydrogens is 274 g/mol. The number of hydrogen-bond donors (Lipinski definition) is 1. The molecule has 20 heavy (non-hydrogen) atoms. The Morgan fingerprint density at radius 2 is 1.95 bits per heavy atom. The van der Waals surface area contributed by atoms with Crippen molar-refractivity contribution >= 4 is 0 Å². The van der Waals surface area contributed by atoms with Crippen molar-refractivity contribution in [3.8, 4) is 5.75 Å². The van der Waals surface area contributed by atoms with Gasteiger partial charge in [0.1, 0.15) is 17.7 Å². The van der Waals surface area contributed by atoms with Crippen LogP contribution in [0.1, 0.15) is 25.8 Å². The Kier molecular flexibility index (Phi) is 3.71. The first kappa shape index (κ1) is 15.1. The third kappa shape index (κ3) is 2.61. The highest BCUT2D eigenvalue weighted by Crippen LogP contribution is 2.43. The Morgan fingerprint density at radius 1 is 1.30 bits per heavy atom. The summed E-state index contributed by atoms with van der Waals surface area (Å²) in [5.41, 5.74) is -1.47. The van der Waals surface area contributed by atoms with Crippen LogP contribution in [0.25, 0.3) is 0 Å². The minimum atomic E-state index is -4.72. The van der Waals surface area contributed by atoms with Crippen molar-refractivity contribution in [1.29, 1.82) is 0 Å². The molecule has 0 heterocycles. The maximum atomic E-state index is 13.2. The lowest BCUT2D eigenvalue weighted by atomic mass is 9.64. The van der Waals surface area contributed by atoms with Crippen LogP contribution >= 0.6 is 0 Å². The highest BCUT2D eigenvalue weighted by molar-refractivity contribution is 5.32. The van der Waals surface area contributed by atoms with Gasteiger partial charge < -0.3 is 10.1 Å². The van der Waals surface area contributed by atoms with E-state index in [0.29, 0.717) is 6.42 Å². The van der Waals surface area contributed by atoms with E-state index in [2.05, 4.69) is 5.32 Å². The predicted molar refractivity (Wildman–Crippen MR) is 67.1 cm³/mol. The highest BCUT2D eigenvalue weighted by atomic mass is 19.4. The van der Waals surface area contributed by atoms with Crippen molar-refractivity contribution in [1.82, 2.24) is 5.32 Å². The molecule has 1 fully saturated rings. The van der Waals surface area contributed by atoms with Crippen LogP contribution in [-0.2, 0) is 6.18 Å². The third-order valence-corrected chi connectivity index (χ3v) is 4.05. The van der Waals surface area contributed by atoms with Gasteiger partial charge in [-0.15, -0.1) is 0 Å². The number of alkyl halides is 3. The zero-order valence-electron chi connectivity index (χ0n) is 11.5. The molecule has 0 aliphatic heterocycles. The summed E-state index contributed by atoms with van der Waals surface area (Å²) in [5.74, 6) is -1.24. The largest absolute Gasteiger partial charge is 0.490 e. The average molecular weight is 291 g/mol. The quantitative estimate of drug-likeness (QED) is 0.859. The van der Waals surface area contributed by atoms with E-state index in [1.54, 1.807) is 0 Å². The molecule has 0 radical (unpaired) electrons. The van der Waals surface area contributed by atoms with Crippen LogP contribution in [0.5, 0.6) is 5.75 Å². The van der Waals surface area contributed by atoms with Gasteiger partial charge in [-0.1, -0.05) is 13.8 Å². The predicted octanol–water partition coefficient (Wildman–Crippen LogP) is 3.61. The molecule has 0 aromatic heterocycles. The lowest BCUT2D eigenvalue weighted by molar-refractivity contribution is -0.140. The summed E-state index contributed by atoms with van der Waals surface area (Å²) in [6.45, 7) is 3.97. The van der Waals surface area contributed by atoms with Crippen molar-refractivity contribution in [2.75, 3.05) is 7.05 Å². The van der Waals surface area contributed by atoms with E-state index in [-0.39, 0.29) is 23.3 Å². The first-order valence-electron chi connectivity index (χ1n) is 6.37. The van der Waals surface area contributed by atoms with Crippen molar-refractivity contribution in [2.24, 2.45) is 5.41 Å². The summed E-state index contributed by atoms with van der Waals surface area (Å²) in [6, 6.07) is 3.00. The second-order valence-corrected chi connectivity index (χ2v) is 5.64. The molecule has 1 aromatic rings. The summed E-state index contributed by atoms with van der Waals surface area (Å²) in [4.78, 5) is 0. The molecule has 6 heteroatoms. The summed E-state index contributed by atoms with van der Waals surface area (Å²) >= 11 is 0. The maximum Gasteiger partial charge on any atom is 0.419 e. The Labute approximate surface area is 115 Å². The van der Waals surface area contributed by atoms with Gasteiger partial charge in [0.2, 0.25) is 0 Å². The Morgan fingerprint density at radius 3 is 2.45 bits per heavy atom. The normalized spacial score (nSPS) is 25.1. The van der Waals surface area contributed by atoms with Gasteiger partial charge in [-0.05, 0) is 25.2 Å². The van der Waals surface area contributed by atoms with Gasteiger partial charge in [-0.3, -0.25) is 0 Å². The van der Waals surface area contributed by atoms with Gasteiger partial charge in [-0.2, -0.15) is 13.2 Å². The van der Waals surface area contributed by atoms with Gasteiger partial charge >= 0.3 is 6.18 Å². The summed E-state index contributed by atoms with van der Waals surface area (Å²) in [7, 11) is 1.84. The van der Waals surface area contributed by atoms with E-state index in [0.717, 1.165) is 12.1 Å². The monoisotopic (exact) mass is 291 g/mol. The maximum absolute atomic E-state index is 13.2. The minimum absolute atomic E-state index is 0.0475. The van der Waals surface area contributed by atoms with Gasteiger partial charge in [-0.25, -0.2) is 4.39 Å². The average Bonchev–Trinajstić information content (AvgIpc) is 2.34. The molecule has 0 bridgehead atoms. The van der Waals surface area contributed by atoms with Crippen LogP contribution < -0.4 is 10.1 Å². The number of halogens is 4. The highest BCUT2D eigenvalue weighted by Gasteiger charge is 2.49. The molecule has 112 valence electrons. The molecule has 0 saturated heterocycles. The topological polar surface area (TPSA) is 21.3 Å². The molecular formula is C14H17F4NO. The van der Waals surface area contributed by atoms with E-state index in [1.165, 1.54) is 6.07 Å². The lowest BCUT2D eigenvalue weighted by Gasteiger charge is -2.51. The van der Waals surface area contributed by atoms with E-state index in [9.17, 15) is 17.6 Å². The molecule has 2 rings (SSSR count). The van der Waals surface area contributed by atoms with Gasteiger partial charge in [0.05, 0.1) is 5.56 Å². The van der Waals surface area contributed by atoms with Crippen LogP contribution in [0.15, 0.2) is 18.2 Å². The van der Waals surface area contributed by atoms with E-state index in [4.69, 9.17) is 4.74 Å². The number of benzene rings is 1. The SMILES string of the molecule is CNC1CC(Oc2ccc(F)c(C(F)(F)F)c2)C1(C)C. The molecule has 2 unspecified atom stereocenters. The minimum Gasteiger partial charge on any atom is -0.490 e. The van der Waals surface area contributed by atoms with Crippen molar-refractivity contribution < 1.29 is 22.3 Å². The molecule has 1 aliphatic carbocycles. The fourth-order valence-electron chi connectivity index (χ4n) is 2.53. The number of ether oxygens (including phenoxy) is 1. The molecule has 1 aliphatic rings. The zero-order chi connectivity index (χ0) is 15.1. The van der Waals surface area contributed by atoms with Crippen LogP contribution in [0.4, 0.5) is 17.6 Å². The van der Waals surface area contributed by atoms with Gasteiger partial charge in [0.25, 0.3) is 0 Å². The molecule has 1 N–H and O–H groups in total. The van der Waals surface area contributed by atoms with Crippen molar-refractivity contribution in [3.05, 3.63) is 29.6 Å². The summed E-state index contributed by atoms with van der Waals surface area (Å²) in [6.07, 6.45) is -4.19. The van der Waals surface area contributed by atoms with Crippen LogP contribution in [0.2, 0.25) is 0 Å². The fourth-order valence-corrected chi connectivity index (χ4v) is 2.53. The Balaban J connectivity index is 2.16. The Hall–Kier alpha value is -1.30. The summed E-state index contributed by atoms with van der Waals surface area (Å²) < 4.78 is 56.6. The van der Waals surface area contributed by atoms with Gasteiger partial charge in [0, 0.05) is 17.9 Å². The lowest BCUT2D eigenvalue weighted by Crippen LogP contribution is -2.61.